The molecule has 1 saturated carbocycles. The number of nitrogens with zero attached hydrogens (tertiary/aromatic N) is 3. The lowest BCUT2D eigenvalue weighted by atomic mass is 9.84. The van der Waals surface area contributed by atoms with Crippen LogP contribution >= 0.6 is 22.9 Å². The molecule has 1 aromatic heterocycles. The van der Waals surface area contributed by atoms with Crippen LogP contribution in [0.4, 0.5) is 18.9 Å². The first kappa shape index (κ1) is 28.4. The van der Waals surface area contributed by atoms with E-state index in [4.69, 9.17) is 16.3 Å². The molecule has 210 valence electrons. The molecule has 0 atom stereocenters. The number of alkyl halides is 2. The maximum atomic E-state index is 15.4. The molecular weight excluding hydrogens is 543 g/mol. The molecule has 39 heavy (non-hydrogen) atoms. The van der Waals surface area contributed by atoms with E-state index in [2.05, 4.69) is 23.0 Å². The first-order chi connectivity index (χ1) is 18.4. The molecule has 1 spiro atoms. The summed E-state index contributed by atoms with van der Waals surface area (Å²) in [5, 5.41) is 0. The van der Waals surface area contributed by atoms with Gasteiger partial charge >= 0.3 is 0 Å². The zero-order chi connectivity index (χ0) is 28.2. The lowest BCUT2D eigenvalue weighted by Gasteiger charge is -2.45. The van der Waals surface area contributed by atoms with Crippen LogP contribution in [0, 0.1) is 5.82 Å². The van der Waals surface area contributed by atoms with Gasteiger partial charge in [-0.25, -0.2) is 4.39 Å². The van der Waals surface area contributed by atoms with Gasteiger partial charge in [-0.1, -0.05) is 42.5 Å². The third-order valence-corrected chi connectivity index (χ3v) is 9.91. The van der Waals surface area contributed by atoms with Gasteiger partial charge in [-0.2, -0.15) is 8.78 Å². The number of halogens is 4. The van der Waals surface area contributed by atoms with Crippen molar-refractivity contribution in [2.45, 2.75) is 49.7 Å². The van der Waals surface area contributed by atoms with E-state index in [1.165, 1.54) is 23.5 Å². The molecule has 2 fully saturated rings. The Bertz CT molecular complexity index is 1310. The Kier molecular flexibility index (Phi) is 7.57. The van der Waals surface area contributed by atoms with E-state index in [0.717, 1.165) is 29.6 Å². The zero-order valence-electron chi connectivity index (χ0n) is 22.7. The van der Waals surface area contributed by atoms with E-state index < -0.39 is 18.1 Å². The molecule has 1 saturated heterocycles. The Morgan fingerprint density at radius 1 is 1.18 bits per heavy atom. The average Bonchev–Trinajstić information content (AvgIpc) is 3.60. The summed E-state index contributed by atoms with van der Waals surface area (Å²) in [6.45, 7) is 11.4. The number of fused-ring (bicyclic) bond motifs is 2. The molecule has 0 bridgehead atoms. The molecule has 1 aliphatic carbocycles. The summed E-state index contributed by atoms with van der Waals surface area (Å²) in [7, 11) is 4.06. The van der Waals surface area contributed by atoms with Crippen molar-refractivity contribution in [1.82, 2.24) is 9.80 Å². The first-order valence-corrected chi connectivity index (χ1v) is 14.4. The number of hydrogen-bond donors (Lipinski definition) is 0. The normalized spacial score (nSPS) is 21.6. The van der Waals surface area contributed by atoms with Crippen molar-refractivity contribution < 1.29 is 17.9 Å². The molecule has 0 N–H and O–H groups in total. The molecule has 9 heteroatoms. The Balaban J connectivity index is 1.37. The summed E-state index contributed by atoms with van der Waals surface area (Å²) >= 11 is 7.36. The number of rotatable bonds is 8. The predicted octanol–water partition coefficient (Wildman–Crippen LogP) is 7.61. The highest BCUT2D eigenvalue weighted by atomic mass is 35.5. The molecular formula is C30H35ClF3N3OS. The van der Waals surface area contributed by atoms with Gasteiger partial charge in [0.2, 0.25) is 0 Å². The third-order valence-electron chi connectivity index (χ3n) is 8.46. The highest BCUT2D eigenvalue weighted by Crippen LogP contribution is 2.54. The SMILES string of the molecule is C=CN(C=C(CN1CCC2(CC1)OCC(F)(F)c1cc(Cl)sc12)C(=C)C)c1c(F)cccc1C1(N(C)C)CC1. The van der Waals surface area contributed by atoms with Gasteiger partial charge in [0, 0.05) is 48.0 Å². The minimum Gasteiger partial charge on any atom is -0.363 e. The van der Waals surface area contributed by atoms with Crippen LogP contribution in [0.1, 0.15) is 48.6 Å². The number of thiophene rings is 1. The van der Waals surface area contributed by atoms with Gasteiger partial charge in [-0.05, 0) is 70.0 Å². The Morgan fingerprint density at radius 2 is 1.87 bits per heavy atom. The molecule has 2 aliphatic heterocycles. The predicted molar refractivity (Wildman–Crippen MR) is 153 cm³/mol. The van der Waals surface area contributed by atoms with Gasteiger partial charge in [0.1, 0.15) is 18.0 Å². The summed E-state index contributed by atoms with van der Waals surface area (Å²) in [5.41, 5.74) is 2.36. The summed E-state index contributed by atoms with van der Waals surface area (Å²) < 4.78 is 50.6. The summed E-state index contributed by atoms with van der Waals surface area (Å²) in [5.74, 6) is -3.32. The van der Waals surface area contributed by atoms with Crippen LogP contribution in [-0.2, 0) is 21.8 Å². The standard InChI is InChI=1S/C30H35ClF3N3OS/c1-6-37(26-22(8-7-9-24(26)32)28(10-11-28)35(4)5)18-21(20(2)3)17-36-14-12-29(13-15-36)27-23(16-25(31)39-27)30(33,34)19-38-29/h6-9,16,18H,1-2,10-15,17,19H2,3-5H3. The van der Waals surface area contributed by atoms with Gasteiger partial charge < -0.3 is 9.64 Å². The fraction of sp³-hybridized carbons (Fsp3) is 0.467. The monoisotopic (exact) mass is 577 g/mol. The van der Waals surface area contributed by atoms with E-state index in [9.17, 15) is 8.78 Å². The van der Waals surface area contributed by atoms with E-state index >= 15 is 4.39 Å². The van der Waals surface area contributed by atoms with Crippen molar-refractivity contribution in [1.29, 1.82) is 0 Å². The van der Waals surface area contributed by atoms with E-state index in [0.29, 0.717) is 47.4 Å². The highest BCUT2D eigenvalue weighted by Gasteiger charge is 2.52. The number of benzene rings is 1. The average molecular weight is 578 g/mol. The number of piperidine rings is 1. The maximum absolute atomic E-state index is 15.4. The molecule has 3 heterocycles. The smallest absolute Gasteiger partial charge is 0.297 e. The number of anilines is 1. The fourth-order valence-corrected chi connectivity index (χ4v) is 7.40. The molecule has 3 aliphatic rings. The molecule has 0 amide bonds. The van der Waals surface area contributed by atoms with Gasteiger partial charge in [-0.3, -0.25) is 9.80 Å². The summed E-state index contributed by atoms with van der Waals surface area (Å²) in [6.07, 6.45) is 6.68. The van der Waals surface area contributed by atoms with Crippen molar-refractivity contribution in [2.24, 2.45) is 0 Å². The number of para-hydroxylation sites is 1. The molecule has 0 radical (unpaired) electrons. The van der Waals surface area contributed by atoms with Crippen molar-refractivity contribution in [3.8, 4) is 0 Å². The minimum atomic E-state index is -3.03. The van der Waals surface area contributed by atoms with Crippen molar-refractivity contribution in [3.63, 3.8) is 0 Å². The van der Waals surface area contributed by atoms with E-state index in [1.54, 1.807) is 17.2 Å². The van der Waals surface area contributed by atoms with Crippen LogP contribution in [0.2, 0.25) is 4.34 Å². The van der Waals surface area contributed by atoms with Crippen molar-refractivity contribution >= 4 is 28.6 Å². The van der Waals surface area contributed by atoms with Crippen LogP contribution in [0.5, 0.6) is 0 Å². The quantitative estimate of drug-likeness (QED) is 0.300. The molecule has 2 aromatic rings. The Hall–Kier alpha value is -2.10. The van der Waals surface area contributed by atoms with Crippen LogP contribution in [0.3, 0.4) is 0 Å². The zero-order valence-corrected chi connectivity index (χ0v) is 24.3. The molecule has 4 nitrogen and oxygen atoms in total. The topological polar surface area (TPSA) is 19.0 Å². The Labute approximate surface area is 238 Å². The highest BCUT2D eigenvalue weighted by molar-refractivity contribution is 7.16. The van der Waals surface area contributed by atoms with Gasteiger partial charge in [-0.15, -0.1) is 11.3 Å². The van der Waals surface area contributed by atoms with Crippen LogP contribution in [0.15, 0.2) is 61.0 Å². The second-order valence-electron chi connectivity index (χ2n) is 11.1. The number of likely N-dealkylation sites (tertiary alicyclic amines) is 1. The minimum absolute atomic E-state index is 0.00759. The van der Waals surface area contributed by atoms with Crippen LogP contribution < -0.4 is 4.90 Å². The summed E-state index contributed by atoms with van der Waals surface area (Å²) in [6, 6.07) is 6.64. The fourth-order valence-electron chi connectivity index (χ4n) is 5.92. The molecule has 0 unspecified atom stereocenters. The van der Waals surface area contributed by atoms with Crippen molar-refractivity contribution in [3.05, 3.63) is 87.1 Å². The van der Waals surface area contributed by atoms with Crippen molar-refractivity contribution in [2.75, 3.05) is 45.2 Å². The second-order valence-corrected chi connectivity index (χ2v) is 12.8. The van der Waals surface area contributed by atoms with Crippen LogP contribution in [-0.4, -0.2) is 50.1 Å². The molecule has 1 aromatic carbocycles. The number of hydrogen-bond acceptors (Lipinski definition) is 5. The van der Waals surface area contributed by atoms with Gasteiger partial charge in [0.05, 0.1) is 10.0 Å². The molecule has 5 rings (SSSR count). The maximum Gasteiger partial charge on any atom is 0.297 e. The van der Waals surface area contributed by atoms with E-state index in [1.807, 2.05) is 33.3 Å². The second kappa shape index (κ2) is 10.4. The van der Waals surface area contributed by atoms with Gasteiger partial charge in [0.25, 0.3) is 5.92 Å². The Morgan fingerprint density at radius 3 is 2.46 bits per heavy atom. The first-order valence-electron chi connectivity index (χ1n) is 13.2. The largest absolute Gasteiger partial charge is 0.363 e. The third kappa shape index (κ3) is 5.10. The number of ether oxygens (including phenoxy) is 1. The summed E-state index contributed by atoms with van der Waals surface area (Å²) in [4.78, 5) is 6.76. The lowest BCUT2D eigenvalue weighted by Crippen LogP contribution is -2.49. The van der Waals surface area contributed by atoms with Crippen LogP contribution in [0.25, 0.3) is 0 Å². The van der Waals surface area contributed by atoms with Gasteiger partial charge in [0.15, 0.2) is 0 Å². The van der Waals surface area contributed by atoms with E-state index in [-0.39, 0.29) is 16.9 Å². The lowest BCUT2D eigenvalue weighted by molar-refractivity contribution is -0.181.